The summed E-state index contributed by atoms with van der Waals surface area (Å²) in [6.45, 7) is 9.98. The Morgan fingerprint density at radius 3 is 1.88 bits per heavy atom. The van der Waals surface area contributed by atoms with Gasteiger partial charge in [0.1, 0.15) is 0 Å². The van der Waals surface area contributed by atoms with Gasteiger partial charge in [-0.05, 0) is 51.3 Å². The van der Waals surface area contributed by atoms with E-state index in [-0.39, 0.29) is 12.3 Å². The number of carboxylic acids is 1. The summed E-state index contributed by atoms with van der Waals surface area (Å²) in [5, 5.41) is 10.4. The molecule has 0 aliphatic carbocycles. The summed E-state index contributed by atoms with van der Waals surface area (Å²) in [5.41, 5.74) is -0.980. The molecule has 0 radical (unpaired) electrons. The number of hydrogen-bond acceptors (Lipinski definition) is 4. The van der Waals surface area contributed by atoms with Crippen molar-refractivity contribution in [3.05, 3.63) is 71.8 Å². The molecule has 2 aromatic carbocycles. The maximum Gasteiger partial charge on any atom is 0.344 e. The number of likely N-dealkylation sites (N-methyl/N-ethyl adjacent to an activating group) is 1. The van der Waals surface area contributed by atoms with Crippen molar-refractivity contribution in [1.82, 2.24) is 4.90 Å². The molecule has 2 aromatic rings. The molecule has 2 atom stereocenters. The predicted octanol–water partition coefficient (Wildman–Crippen LogP) is 4.98. The van der Waals surface area contributed by atoms with Crippen LogP contribution in [0.1, 0.15) is 52.2 Å². The van der Waals surface area contributed by atoms with Crippen LogP contribution in [0.5, 0.6) is 0 Å². The second-order valence-corrected chi connectivity index (χ2v) is 9.92. The van der Waals surface area contributed by atoms with Gasteiger partial charge in [-0.2, -0.15) is 0 Å². The zero-order valence-corrected chi connectivity index (χ0v) is 20.2. The summed E-state index contributed by atoms with van der Waals surface area (Å²) in [7, 11) is 1.88. The molecular weight excluding hydrogens is 402 g/mol. The lowest BCUT2D eigenvalue weighted by Gasteiger charge is -2.39. The Labute approximate surface area is 192 Å². The van der Waals surface area contributed by atoms with Gasteiger partial charge >= 0.3 is 5.97 Å². The molecule has 0 amide bonds. The van der Waals surface area contributed by atoms with Crippen LogP contribution < -0.4 is 0 Å². The minimum Gasteiger partial charge on any atom is -0.479 e. The van der Waals surface area contributed by atoms with Gasteiger partial charge in [0.05, 0.1) is 11.6 Å². The quantitative estimate of drug-likeness (QED) is 0.500. The molecule has 5 heteroatoms. The van der Waals surface area contributed by atoms with Gasteiger partial charge in [-0.25, -0.2) is 4.79 Å². The van der Waals surface area contributed by atoms with Crippen molar-refractivity contribution >= 4 is 11.8 Å². The van der Waals surface area contributed by atoms with E-state index in [2.05, 4.69) is 0 Å². The van der Waals surface area contributed by atoms with E-state index in [1.54, 1.807) is 20.8 Å². The summed E-state index contributed by atoms with van der Waals surface area (Å²) in [5.74, 6) is -1.45. The number of rotatable bonds is 11. The summed E-state index contributed by atoms with van der Waals surface area (Å²) >= 11 is 0. The standard InChI is InChI=1S/C27H37NO4/c1-20(2)17-23(28(6)19-22-15-11-8-12-16-22)24(29)27(25(30)31,32-26(3,4)5)18-21-13-9-7-10-14-21/h7-16,20,23H,17-19H2,1-6H3,(H,30,31)/t23-,27?/m0/s1. The number of benzene rings is 2. The third-order valence-corrected chi connectivity index (χ3v) is 5.32. The molecule has 0 saturated carbocycles. The van der Waals surface area contributed by atoms with Crippen molar-refractivity contribution < 1.29 is 19.4 Å². The van der Waals surface area contributed by atoms with Gasteiger partial charge in [-0.1, -0.05) is 74.5 Å². The highest BCUT2D eigenvalue weighted by Crippen LogP contribution is 2.31. The Bertz CT molecular complexity index is 874. The van der Waals surface area contributed by atoms with Crippen LogP contribution >= 0.6 is 0 Å². The Morgan fingerprint density at radius 1 is 0.938 bits per heavy atom. The van der Waals surface area contributed by atoms with Crippen LogP contribution in [0.25, 0.3) is 0 Å². The fourth-order valence-electron chi connectivity index (χ4n) is 3.99. The van der Waals surface area contributed by atoms with E-state index in [9.17, 15) is 14.7 Å². The molecule has 5 nitrogen and oxygen atoms in total. The number of aliphatic carboxylic acids is 1. The van der Waals surface area contributed by atoms with Gasteiger partial charge in [-0.15, -0.1) is 0 Å². The fraction of sp³-hybridized carbons (Fsp3) is 0.481. The van der Waals surface area contributed by atoms with Gasteiger partial charge in [0, 0.05) is 13.0 Å². The van der Waals surface area contributed by atoms with Crippen LogP contribution in [0, 0.1) is 5.92 Å². The second-order valence-electron chi connectivity index (χ2n) is 9.92. The van der Waals surface area contributed by atoms with Gasteiger partial charge in [0.15, 0.2) is 5.78 Å². The zero-order chi connectivity index (χ0) is 23.9. The number of carboxylic acid groups (broad SMARTS) is 1. The Morgan fingerprint density at radius 2 is 1.44 bits per heavy atom. The predicted molar refractivity (Wildman–Crippen MR) is 128 cm³/mol. The third kappa shape index (κ3) is 7.01. The number of ketones is 1. The van der Waals surface area contributed by atoms with Crippen LogP contribution in [0.15, 0.2) is 60.7 Å². The van der Waals surface area contributed by atoms with Gasteiger partial charge in [-0.3, -0.25) is 9.69 Å². The van der Waals surface area contributed by atoms with Crippen molar-refractivity contribution in [3.8, 4) is 0 Å². The van der Waals surface area contributed by atoms with E-state index in [1.807, 2.05) is 86.5 Å². The number of Topliss-reactive ketones (excluding diaryl/α,β-unsaturated/α-hetero) is 1. The first-order valence-corrected chi connectivity index (χ1v) is 11.2. The molecular formula is C27H37NO4. The smallest absolute Gasteiger partial charge is 0.344 e. The van der Waals surface area contributed by atoms with Crippen LogP contribution in [0.3, 0.4) is 0 Å². The largest absolute Gasteiger partial charge is 0.479 e. The highest BCUT2D eigenvalue weighted by atomic mass is 16.6. The maximum absolute atomic E-state index is 14.1. The van der Waals surface area contributed by atoms with Gasteiger partial charge < -0.3 is 9.84 Å². The SMILES string of the molecule is CC(C)C[C@@H](C(=O)C(Cc1ccccc1)(OC(C)(C)C)C(=O)O)N(C)Cc1ccccc1. The van der Waals surface area contributed by atoms with E-state index in [4.69, 9.17) is 4.74 Å². The lowest BCUT2D eigenvalue weighted by molar-refractivity contribution is -0.191. The molecule has 0 bridgehead atoms. The number of carbonyl (C=O) groups is 2. The first-order chi connectivity index (χ1) is 14.9. The minimum atomic E-state index is -1.98. The van der Waals surface area contributed by atoms with Gasteiger partial charge in [0.25, 0.3) is 0 Å². The number of ether oxygens (including phenoxy) is 1. The summed E-state index contributed by atoms with van der Waals surface area (Å²) in [4.78, 5) is 28.8. The summed E-state index contributed by atoms with van der Waals surface area (Å²) in [6, 6.07) is 18.5. The topological polar surface area (TPSA) is 66.8 Å². The summed E-state index contributed by atoms with van der Waals surface area (Å²) < 4.78 is 6.14. The van der Waals surface area contributed by atoms with E-state index >= 15 is 0 Å². The van der Waals surface area contributed by atoms with E-state index in [0.717, 1.165) is 11.1 Å². The van der Waals surface area contributed by atoms with Crippen molar-refractivity contribution in [3.63, 3.8) is 0 Å². The van der Waals surface area contributed by atoms with Crippen LogP contribution in [-0.2, 0) is 27.3 Å². The molecule has 1 N–H and O–H groups in total. The Balaban J connectivity index is 2.50. The van der Waals surface area contributed by atoms with E-state index < -0.39 is 29.0 Å². The number of nitrogens with zero attached hydrogens (tertiary/aromatic N) is 1. The van der Waals surface area contributed by atoms with Crippen molar-refractivity contribution in [2.75, 3.05) is 7.05 Å². The van der Waals surface area contributed by atoms with Crippen LogP contribution in [0.4, 0.5) is 0 Å². The molecule has 1 unspecified atom stereocenters. The second kappa shape index (κ2) is 10.9. The maximum atomic E-state index is 14.1. The molecule has 0 aromatic heterocycles. The van der Waals surface area contributed by atoms with Crippen molar-refractivity contribution in [1.29, 1.82) is 0 Å². The third-order valence-electron chi connectivity index (χ3n) is 5.32. The molecule has 32 heavy (non-hydrogen) atoms. The van der Waals surface area contributed by atoms with Crippen molar-refractivity contribution in [2.24, 2.45) is 5.92 Å². The molecule has 2 rings (SSSR count). The normalized spacial score (nSPS) is 14.9. The molecule has 0 aliphatic heterocycles. The average Bonchev–Trinajstić information content (AvgIpc) is 2.71. The highest BCUT2D eigenvalue weighted by Gasteiger charge is 2.53. The van der Waals surface area contributed by atoms with Crippen LogP contribution in [-0.4, -0.2) is 46.1 Å². The van der Waals surface area contributed by atoms with E-state index in [0.29, 0.717) is 13.0 Å². The fourth-order valence-corrected chi connectivity index (χ4v) is 3.99. The molecule has 0 heterocycles. The monoisotopic (exact) mass is 439 g/mol. The number of hydrogen-bond donors (Lipinski definition) is 1. The first-order valence-electron chi connectivity index (χ1n) is 11.2. The average molecular weight is 440 g/mol. The van der Waals surface area contributed by atoms with Crippen molar-refractivity contribution in [2.45, 2.75) is 71.2 Å². The summed E-state index contributed by atoms with van der Waals surface area (Å²) in [6.07, 6.45) is 0.520. The lowest BCUT2D eigenvalue weighted by atomic mass is 9.82. The Kier molecular flexibility index (Phi) is 8.76. The zero-order valence-electron chi connectivity index (χ0n) is 20.2. The minimum absolute atomic E-state index is 0.0208. The molecule has 174 valence electrons. The van der Waals surface area contributed by atoms with Crippen LogP contribution in [0.2, 0.25) is 0 Å². The molecule has 0 fully saturated rings. The van der Waals surface area contributed by atoms with E-state index in [1.165, 1.54) is 0 Å². The number of carbonyl (C=O) groups excluding carboxylic acids is 1. The molecule has 0 spiro atoms. The lowest BCUT2D eigenvalue weighted by Crippen LogP contribution is -2.60. The first kappa shape index (κ1) is 25.8. The molecule has 0 saturated heterocycles. The molecule has 0 aliphatic rings. The highest BCUT2D eigenvalue weighted by molar-refractivity contribution is 6.09. The van der Waals surface area contributed by atoms with Gasteiger partial charge in [0.2, 0.25) is 5.60 Å². The Hall–Kier alpha value is -2.50.